The molecule has 8 heteroatoms. The molecule has 2 fully saturated rings. The van der Waals surface area contributed by atoms with E-state index in [1.807, 2.05) is 0 Å². The number of aromatic nitrogens is 2. The normalized spacial score (nSPS) is 37.5. The Morgan fingerprint density at radius 3 is 2.41 bits per heavy atom. The van der Waals surface area contributed by atoms with Gasteiger partial charge in [-0.1, -0.05) is 0 Å². The molecular weight excluding hydrogens is 345 g/mol. The number of nitrogens with zero attached hydrogens (tertiary/aromatic N) is 3. The maximum absolute atomic E-state index is 12.9. The Balaban J connectivity index is 2.26. The van der Waals surface area contributed by atoms with Crippen LogP contribution in [0.4, 0.5) is 4.79 Å². The van der Waals surface area contributed by atoms with Crippen molar-refractivity contribution in [2.45, 2.75) is 84.0 Å². The van der Waals surface area contributed by atoms with E-state index in [1.54, 1.807) is 27.7 Å². The molecule has 3 rings (SSSR count). The number of likely N-dealkylation sites (tertiary alicyclic amines) is 1. The summed E-state index contributed by atoms with van der Waals surface area (Å²) in [4.78, 5) is 12.6. The second kappa shape index (κ2) is 6.81. The van der Waals surface area contributed by atoms with Gasteiger partial charge in [-0.25, -0.2) is 4.79 Å². The summed E-state index contributed by atoms with van der Waals surface area (Å²) >= 11 is 0. The van der Waals surface area contributed by atoms with E-state index < -0.39 is 74.1 Å². The zero-order chi connectivity index (χ0) is 29.9. The third-order valence-corrected chi connectivity index (χ3v) is 4.35. The fourth-order valence-corrected chi connectivity index (χ4v) is 2.22. The molecular formula is C19H32BN3O4. The monoisotopic (exact) mass is 388 g/mol. The lowest BCUT2D eigenvalue weighted by atomic mass is 9.82. The molecule has 27 heavy (non-hydrogen) atoms. The fourth-order valence-electron chi connectivity index (χ4n) is 2.22. The average molecular weight is 388 g/mol. The van der Waals surface area contributed by atoms with E-state index in [0.717, 1.165) is 0 Å². The van der Waals surface area contributed by atoms with Gasteiger partial charge in [0.2, 0.25) is 0 Å². The van der Waals surface area contributed by atoms with Gasteiger partial charge in [0.25, 0.3) is 0 Å². The lowest BCUT2D eigenvalue weighted by molar-refractivity contribution is 0.00578. The number of ether oxygens (including phenoxy) is 1. The lowest BCUT2D eigenvalue weighted by Gasteiger charge is -2.33. The van der Waals surface area contributed by atoms with Crippen LogP contribution >= 0.6 is 0 Å². The smallest absolute Gasteiger partial charge is 0.444 e. The summed E-state index contributed by atoms with van der Waals surface area (Å²) in [6.07, 6.45) is -10.8. The van der Waals surface area contributed by atoms with Crippen molar-refractivity contribution in [2.75, 3.05) is 13.0 Å². The van der Waals surface area contributed by atoms with E-state index in [4.69, 9.17) is 29.1 Å². The Morgan fingerprint density at radius 2 is 1.89 bits per heavy atom. The summed E-state index contributed by atoms with van der Waals surface area (Å²) in [6, 6.07) is -3.65. The molecule has 150 valence electrons. The first-order valence-electron chi connectivity index (χ1n) is 14.1. The minimum Gasteiger partial charge on any atom is -0.444 e. The summed E-state index contributed by atoms with van der Waals surface area (Å²) in [5.41, 5.74) is -3.49. The first-order valence-corrected chi connectivity index (χ1v) is 8.57. The average Bonchev–Trinajstić information content (AvgIpc) is 3.08. The minimum absolute atomic E-state index is 0.123. The molecule has 1 aromatic rings. The maximum Gasteiger partial charge on any atom is 0.498 e. The van der Waals surface area contributed by atoms with Crippen LogP contribution in [0.5, 0.6) is 0 Å². The zero-order valence-electron chi connectivity index (χ0n) is 27.6. The predicted octanol–water partition coefficient (Wildman–Crippen LogP) is 2.75. The van der Waals surface area contributed by atoms with Gasteiger partial charge in [0, 0.05) is 41.8 Å². The second-order valence-corrected chi connectivity index (χ2v) is 8.28. The van der Waals surface area contributed by atoms with Crippen molar-refractivity contribution < 1.29 is 33.9 Å². The lowest BCUT2D eigenvalue weighted by Crippen LogP contribution is -2.42. The number of rotatable bonds is 2. The zero-order valence-corrected chi connectivity index (χ0v) is 16.6. The molecule has 7 nitrogen and oxygen atoms in total. The van der Waals surface area contributed by atoms with Crippen LogP contribution in [-0.2, 0) is 14.0 Å². The van der Waals surface area contributed by atoms with Gasteiger partial charge in [-0.2, -0.15) is 5.10 Å². The number of hydrogen-bond donors (Lipinski definition) is 0. The highest BCUT2D eigenvalue weighted by Gasteiger charge is 2.52. The molecule has 0 radical (unpaired) electrons. The third-order valence-electron chi connectivity index (χ3n) is 4.35. The molecule has 2 aliphatic heterocycles. The van der Waals surface area contributed by atoms with Crippen LogP contribution in [0.1, 0.15) is 82.3 Å². The van der Waals surface area contributed by atoms with Crippen molar-refractivity contribution in [3.63, 3.8) is 0 Å². The van der Waals surface area contributed by atoms with Crippen molar-refractivity contribution in [2.24, 2.45) is 0 Å². The maximum atomic E-state index is 12.9. The molecule has 1 amide bonds. The molecule has 3 heterocycles. The summed E-state index contributed by atoms with van der Waals surface area (Å²) in [6.45, 7) is 3.61. The number of amides is 1. The van der Waals surface area contributed by atoms with E-state index in [9.17, 15) is 4.79 Å². The fraction of sp³-hybridized carbons (Fsp3) is 0.789. The first-order chi connectivity index (χ1) is 16.6. The molecule has 0 spiro atoms. The number of carbonyl (C=O) groups is 1. The number of carbonyl (C=O) groups excluding carboxylic acids is 1. The van der Waals surface area contributed by atoms with Gasteiger partial charge < -0.3 is 18.9 Å². The van der Waals surface area contributed by atoms with Crippen molar-refractivity contribution in [1.29, 1.82) is 0 Å². The van der Waals surface area contributed by atoms with Crippen molar-refractivity contribution in [3.8, 4) is 0 Å². The topological polar surface area (TPSA) is 65.8 Å². The van der Waals surface area contributed by atoms with E-state index in [2.05, 4.69) is 5.10 Å². The van der Waals surface area contributed by atoms with Crippen LogP contribution in [0, 0.1) is 0 Å². The number of piperidine rings is 1. The standard InChI is InChI=1S/C19H32BN3O4/c1-17(2,3)25-16(24)22-10-8-15(9-11-22)23-13-14(12-21-23)20-26-18(4,5)19(6,7)27-20/h12-13,15H,8-11H2,1-7H3/i8D2,9D2,10D2,11D2,12D,13D,15D. The second-order valence-electron chi connectivity index (χ2n) is 8.28. The third kappa shape index (κ3) is 4.32. The Kier molecular flexibility index (Phi) is 2.60. The Labute approximate surface area is 177 Å². The van der Waals surface area contributed by atoms with Crippen molar-refractivity contribution in [3.05, 3.63) is 12.3 Å². The SMILES string of the molecule is [2H]c1nn(C2([2H])C([2H])([2H])C([2H])([2H])N(C(=O)OC(C)(C)C)C([2H])([2H])C2([2H])[2H])c([2H])c1B1OC(C)(C)C(C)(C)O1. The molecule has 0 aliphatic carbocycles. The highest BCUT2D eigenvalue weighted by Crippen LogP contribution is 2.36. The molecule has 2 aliphatic rings. The van der Waals surface area contributed by atoms with Gasteiger partial charge in [0.1, 0.15) is 5.60 Å². The summed E-state index contributed by atoms with van der Waals surface area (Å²) in [5.74, 6) is 0. The molecule has 0 unspecified atom stereocenters. The number of hydrogen-bond acceptors (Lipinski definition) is 5. The van der Waals surface area contributed by atoms with Gasteiger partial charge in [-0.3, -0.25) is 4.68 Å². The first kappa shape index (κ1) is 10.3. The Hall–Kier alpha value is -1.54. The Bertz CT molecular complexity index is 1110. The quantitative estimate of drug-likeness (QED) is 0.729. The van der Waals surface area contributed by atoms with E-state index in [0.29, 0.717) is 0 Å². The summed E-state index contributed by atoms with van der Waals surface area (Å²) in [5, 5.41) is 3.70. The van der Waals surface area contributed by atoms with Gasteiger partial charge >= 0.3 is 13.2 Å². The van der Waals surface area contributed by atoms with Crippen LogP contribution in [0.15, 0.2) is 12.3 Å². The molecule has 1 aromatic heterocycles. The van der Waals surface area contributed by atoms with Gasteiger partial charge in [0.15, 0.2) is 0 Å². The predicted molar refractivity (Wildman–Crippen MR) is 104 cm³/mol. The Morgan fingerprint density at radius 1 is 1.33 bits per heavy atom. The molecule has 0 aromatic carbocycles. The van der Waals surface area contributed by atoms with Crippen LogP contribution in [0.25, 0.3) is 0 Å². The molecule has 0 N–H and O–H groups in total. The van der Waals surface area contributed by atoms with Crippen LogP contribution in [-0.4, -0.2) is 57.7 Å². The van der Waals surface area contributed by atoms with Crippen LogP contribution < -0.4 is 5.46 Å². The summed E-state index contributed by atoms with van der Waals surface area (Å²) in [7, 11) is -1.38. The van der Waals surface area contributed by atoms with E-state index in [1.165, 1.54) is 20.8 Å². The van der Waals surface area contributed by atoms with Crippen LogP contribution in [0.3, 0.4) is 0 Å². The molecule has 2 saturated heterocycles. The van der Waals surface area contributed by atoms with Crippen molar-refractivity contribution >= 4 is 18.7 Å². The van der Waals surface area contributed by atoms with Crippen LogP contribution in [0.2, 0.25) is 0 Å². The molecule has 0 saturated carbocycles. The summed E-state index contributed by atoms with van der Waals surface area (Å²) < 4.78 is 111. The van der Waals surface area contributed by atoms with Gasteiger partial charge in [0.05, 0.1) is 21.3 Å². The van der Waals surface area contributed by atoms with E-state index in [-0.39, 0.29) is 15.0 Å². The van der Waals surface area contributed by atoms with Gasteiger partial charge in [-0.05, 0) is 61.2 Å². The highest BCUT2D eigenvalue weighted by molar-refractivity contribution is 6.62. The van der Waals surface area contributed by atoms with Gasteiger partial charge in [-0.15, -0.1) is 0 Å². The largest absolute Gasteiger partial charge is 0.498 e. The minimum atomic E-state index is -3.76. The highest BCUT2D eigenvalue weighted by atomic mass is 16.7. The molecule has 0 atom stereocenters. The van der Waals surface area contributed by atoms with Crippen molar-refractivity contribution in [1.82, 2.24) is 14.7 Å². The molecule has 0 bridgehead atoms. The van der Waals surface area contributed by atoms with E-state index >= 15 is 0 Å².